The molecule has 6 nitrogen and oxygen atoms in total. The van der Waals surface area contributed by atoms with Gasteiger partial charge in [0.1, 0.15) is 18.2 Å². The van der Waals surface area contributed by atoms with Crippen molar-refractivity contribution in [3.63, 3.8) is 0 Å². The van der Waals surface area contributed by atoms with Gasteiger partial charge in [-0.05, 0) is 47.5 Å². The quantitative estimate of drug-likeness (QED) is 0.409. The summed E-state index contributed by atoms with van der Waals surface area (Å²) in [4.78, 5) is 12.7. The van der Waals surface area contributed by atoms with Gasteiger partial charge in [-0.1, -0.05) is 24.3 Å². The lowest BCUT2D eigenvalue weighted by molar-refractivity contribution is 0.102. The Morgan fingerprint density at radius 2 is 1.85 bits per heavy atom. The zero-order chi connectivity index (χ0) is 23.2. The molecule has 33 heavy (non-hydrogen) atoms. The van der Waals surface area contributed by atoms with Gasteiger partial charge in [0.25, 0.3) is 5.91 Å². The van der Waals surface area contributed by atoms with Gasteiger partial charge >= 0.3 is 0 Å². The lowest BCUT2D eigenvalue weighted by Gasteiger charge is -2.09. The summed E-state index contributed by atoms with van der Waals surface area (Å²) >= 11 is 0. The van der Waals surface area contributed by atoms with E-state index in [1.807, 2.05) is 24.3 Å². The molecule has 4 aromatic rings. The molecule has 0 spiro atoms. The maximum atomic E-state index is 13.7. The molecule has 0 saturated carbocycles. The van der Waals surface area contributed by atoms with Gasteiger partial charge in [-0.2, -0.15) is 5.10 Å². The Kier molecular flexibility index (Phi) is 6.64. The van der Waals surface area contributed by atoms with Crippen molar-refractivity contribution in [2.24, 2.45) is 0 Å². The Morgan fingerprint density at radius 1 is 1.03 bits per heavy atom. The van der Waals surface area contributed by atoms with E-state index in [2.05, 4.69) is 10.4 Å². The molecule has 0 aliphatic rings. The number of anilines is 1. The van der Waals surface area contributed by atoms with Gasteiger partial charge in [0.2, 0.25) is 0 Å². The molecule has 3 aromatic carbocycles. The number of nitrogens with zero attached hydrogens (tertiary/aromatic N) is 2. The summed E-state index contributed by atoms with van der Waals surface area (Å²) in [6.45, 7) is 0.558. The van der Waals surface area contributed by atoms with E-state index in [4.69, 9.17) is 9.47 Å². The number of carbonyl (C=O) groups excluding carboxylic acids is 1. The lowest BCUT2D eigenvalue weighted by Crippen LogP contribution is -2.12. The Labute approximate surface area is 189 Å². The first-order valence-electron chi connectivity index (χ1n) is 10.1. The minimum Gasteiger partial charge on any atom is -0.497 e. The van der Waals surface area contributed by atoms with E-state index in [9.17, 15) is 13.6 Å². The molecule has 0 aliphatic carbocycles. The molecule has 0 saturated heterocycles. The van der Waals surface area contributed by atoms with Crippen molar-refractivity contribution in [1.82, 2.24) is 9.78 Å². The first-order chi connectivity index (χ1) is 16.0. The van der Waals surface area contributed by atoms with Crippen LogP contribution < -0.4 is 14.8 Å². The molecule has 1 heterocycles. The third-order valence-corrected chi connectivity index (χ3v) is 4.85. The largest absolute Gasteiger partial charge is 0.497 e. The van der Waals surface area contributed by atoms with Gasteiger partial charge in [0.05, 0.1) is 25.5 Å². The van der Waals surface area contributed by atoms with E-state index in [0.717, 1.165) is 23.4 Å². The number of ether oxygens (including phenoxy) is 2. The van der Waals surface area contributed by atoms with Gasteiger partial charge < -0.3 is 14.8 Å². The third kappa shape index (κ3) is 5.74. The van der Waals surface area contributed by atoms with Crippen molar-refractivity contribution in [1.29, 1.82) is 0 Å². The van der Waals surface area contributed by atoms with Crippen LogP contribution in [0, 0.1) is 11.6 Å². The van der Waals surface area contributed by atoms with Crippen LogP contribution in [0.5, 0.6) is 11.5 Å². The van der Waals surface area contributed by atoms with Crippen molar-refractivity contribution in [3.05, 3.63) is 107 Å². The number of methoxy groups -OCH3 is 1. The number of hydrogen-bond acceptors (Lipinski definition) is 4. The van der Waals surface area contributed by atoms with Crippen LogP contribution in [-0.4, -0.2) is 22.8 Å². The average molecular weight is 449 g/mol. The standard InChI is InChI=1S/C25H21F2N3O3/c1-32-22-7-3-4-17(11-22)14-30-15-21(13-28-30)29-25(31)19-6-2-5-18(10-19)16-33-24-9-8-20(26)12-23(24)27/h2-13,15H,14,16H2,1H3,(H,29,31). The molecule has 1 amide bonds. The summed E-state index contributed by atoms with van der Waals surface area (Å²) in [6, 6.07) is 17.5. The first kappa shape index (κ1) is 22.0. The third-order valence-electron chi connectivity index (χ3n) is 4.85. The number of hydrogen-bond donors (Lipinski definition) is 1. The minimum atomic E-state index is -0.783. The Morgan fingerprint density at radius 3 is 2.67 bits per heavy atom. The predicted octanol–water partition coefficient (Wildman–Crippen LogP) is 5.05. The molecule has 0 radical (unpaired) electrons. The number of benzene rings is 3. The normalized spacial score (nSPS) is 10.6. The van der Waals surface area contributed by atoms with E-state index < -0.39 is 11.6 Å². The van der Waals surface area contributed by atoms with Crippen LogP contribution in [0.25, 0.3) is 0 Å². The molecule has 1 N–H and O–H groups in total. The second-order valence-corrected chi connectivity index (χ2v) is 7.30. The zero-order valence-electron chi connectivity index (χ0n) is 17.8. The Hall–Kier alpha value is -4.20. The van der Waals surface area contributed by atoms with Crippen LogP contribution in [0.4, 0.5) is 14.5 Å². The van der Waals surface area contributed by atoms with E-state index in [1.54, 1.807) is 48.5 Å². The number of nitrogens with one attached hydrogen (secondary N) is 1. The number of rotatable bonds is 8. The van der Waals surface area contributed by atoms with Crippen LogP contribution in [0.2, 0.25) is 0 Å². The summed E-state index contributed by atoms with van der Waals surface area (Å²) in [7, 11) is 1.61. The van der Waals surface area contributed by atoms with Crippen molar-refractivity contribution in [2.75, 3.05) is 12.4 Å². The van der Waals surface area contributed by atoms with E-state index in [-0.39, 0.29) is 18.3 Å². The number of carbonyl (C=O) groups is 1. The van der Waals surface area contributed by atoms with Gasteiger partial charge in [-0.15, -0.1) is 0 Å². The molecule has 0 fully saturated rings. The molecule has 168 valence electrons. The SMILES string of the molecule is COc1cccc(Cn2cc(NC(=O)c3cccc(COc4ccc(F)cc4F)c3)cn2)c1. The van der Waals surface area contributed by atoms with Crippen molar-refractivity contribution >= 4 is 11.6 Å². The van der Waals surface area contributed by atoms with Gasteiger partial charge in [-0.3, -0.25) is 9.48 Å². The zero-order valence-corrected chi connectivity index (χ0v) is 17.8. The Balaban J connectivity index is 1.37. The summed E-state index contributed by atoms with van der Waals surface area (Å²) in [6.07, 6.45) is 3.31. The highest BCUT2D eigenvalue weighted by Gasteiger charge is 2.10. The van der Waals surface area contributed by atoms with Crippen molar-refractivity contribution in [3.8, 4) is 11.5 Å². The smallest absolute Gasteiger partial charge is 0.255 e. The topological polar surface area (TPSA) is 65.4 Å². The highest BCUT2D eigenvalue weighted by molar-refractivity contribution is 6.04. The maximum absolute atomic E-state index is 13.7. The van der Waals surface area contributed by atoms with Crippen LogP contribution in [-0.2, 0) is 13.2 Å². The number of halogens is 2. The average Bonchev–Trinajstić information content (AvgIpc) is 3.25. The molecular weight excluding hydrogens is 428 g/mol. The number of aromatic nitrogens is 2. The van der Waals surface area contributed by atoms with Gasteiger partial charge in [0.15, 0.2) is 11.6 Å². The van der Waals surface area contributed by atoms with Crippen molar-refractivity contribution < 1.29 is 23.0 Å². The van der Waals surface area contributed by atoms with Crippen LogP contribution in [0.3, 0.4) is 0 Å². The van der Waals surface area contributed by atoms with Gasteiger partial charge in [0, 0.05) is 17.8 Å². The highest BCUT2D eigenvalue weighted by atomic mass is 19.1. The molecule has 0 aliphatic heterocycles. The number of amides is 1. The monoisotopic (exact) mass is 449 g/mol. The fraction of sp³-hybridized carbons (Fsp3) is 0.120. The lowest BCUT2D eigenvalue weighted by atomic mass is 10.1. The summed E-state index contributed by atoms with van der Waals surface area (Å²) in [5.74, 6) is -1.07. The second-order valence-electron chi connectivity index (χ2n) is 7.30. The summed E-state index contributed by atoms with van der Waals surface area (Å²) < 4.78 is 39.1. The summed E-state index contributed by atoms with van der Waals surface area (Å²) in [5.41, 5.74) is 2.65. The highest BCUT2D eigenvalue weighted by Crippen LogP contribution is 2.20. The molecule has 0 bridgehead atoms. The predicted molar refractivity (Wildman–Crippen MR) is 119 cm³/mol. The molecule has 0 unspecified atom stereocenters. The van der Waals surface area contributed by atoms with Crippen LogP contribution in [0.1, 0.15) is 21.5 Å². The van der Waals surface area contributed by atoms with E-state index in [0.29, 0.717) is 23.4 Å². The maximum Gasteiger partial charge on any atom is 0.255 e. The molecule has 0 atom stereocenters. The second kappa shape index (κ2) is 9.95. The fourth-order valence-electron chi connectivity index (χ4n) is 3.23. The molecule has 1 aromatic heterocycles. The van der Waals surface area contributed by atoms with E-state index >= 15 is 0 Å². The molecule has 4 rings (SSSR count). The fourth-order valence-corrected chi connectivity index (χ4v) is 3.23. The van der Waals surface area contributed by atoms with Gasteiger partial charge in [-0.25, -0.2) is 8.78 Å². The Bertz CT molecular complexity index is 1270. The molecule has 8 heteroatoms. The van der Waals surface area contributed by atoms with Crippen molar-refractivity contribution in [2.45, 2.75) is 13.2 Å². The van der Waals surface area contributed by atoms with Crippen LogP contribution in [0.15, 0.2) is 79.1 Å². The minimum absolute atomic E-state index is 0.0299. The molecular formula is C25H21F2N3O3. The summed E-state index contributed by atoms with van der Waals surface area (Å²) in [5, 5.41) is 7.10. The van der Waals surface area contributed by atoms with Crippen LogP contribution >= 0.6 is 0 Å². The first-order valence-corrected chi connectivity index (χ1v) is 10.1. The van der Waals surface area contributed by atoms with E-state index in [1.165, 1.54) is 6.07 Å².